The van der Waals surface area contributed by atoms with Gasteiger partial charge in [-0.3, -0.25) is 0 Å². The lowest BCUT2D eigenvalue weighted by atomic mass is 10.2. The van der Waals surface area contributed by atoms with Gasteiger partial charge in [0.15, 0.2) is 0 Å². The number of rotatable bonds is 15. The van der Waals surface area contributed by atoms with Gasteiger partial charge in [0.2, 0.25) is 0 Å². The Kier molecular flexibility index (Phi) is 18.4. The van der Waals surface area contributed by atoms with Crippen LogP contribution in [0.2, 0.25) is 0 Å². The predicted octanol–water partition coefficient (Wildman–Crippen LogP) is 7.67. The lowest BCUT2D eigenvalue weighted by molar-refractivity contribution is 0.633. The molecule has 0 aromatic heterocycles. The fourth-order valence-electron chi connectivity index (χ4n) is 1.86. The third kappa shape index (κ3) is 20.2. The molecule has 0 unspecified atom stereocenters. The molecular formula is C19H36S2. The highest BCUT2D eigenvalue weighted by molar-refractivity contribution is 8.76. The predicted molar refractivity (Wildman–Crippen MR) is 105 cm³/mol. The van der Waals surface area contributed by atoms with E-state index in [1.54, 1.807) is 0 Å². The third-order valence-electron chi connectivity index (χ3n) is 3.32. The molecule has 0 aliphatic heterocycles. The number of hydrogen-bond acceptors (Lipinski definition) is 2. The van der Waals surface area contributed by atoms with Gasteiger partial charge in [0, 0.05) is 11.5 Å². The Morgan fingerprint density at radius 3 is 2.00 bits per heavy atom. The van der Waals surface area contributed by atoms with Crippen LogP contribution < -0.4 is 0 Å². The summed E-state index contributed by atoms with van der Waals surface area (Å²) in [5, 5.41) is 0. The van der Waals surface area contributed by atoms with E-state index in [1.165, 1.54) is 69.3 Å². The molecule has 0 heterocycles. The molecule has 124 valence electrons. The Balaban J connectivity index is 3.14. The van der Waals surface area contributed by atoms with Crippen LogP contribution in [-0.2, 0) is 0 Å². The molecule has 0 saturated heterocycles. The van der Waals surface area contributed by atoms with Crippen molar-refractivity contribution in [1.29, 1.82) is 0 Å². The maximum atomic E-state index is 2.32. The summed E-state index contributed by atoms with van der Waals surface area (Å²) in [5.41, 5.74) is 0. The van der Waals surface area contributed by atoms with Crippen molar-refractivity contribution < 1.29 is 0 Å². The second kappa shape index (κ2) is 18.2. The van der Waals surface area contributed by atoms with Crippen molar-refractivity contribution in [3.63, 3.8) is 0 Å². The molecule has 0 aliphatic rings. The third-order valence-corrected chi connectivity index (χ3v) is 5.84. The molecule has 0 aromatic rings. The molecular weight excluding hydrogens is 292 g/mol. The Morgan fingerprint density at radius 1 is 0.762 bits per heavy atom. The molecule has 0 spiro atoms. The first-order valence-corrected chi connectivity index (χ1v) is 11.3. The largest absolute Gasteiger partial charge is 0.0942 e. The van der Waals surface area contributed by atoms with Crippen molar-refractivity contribution in [1.82, 2.24) is 0 Å². The summed E-state index contributed by atoms with van der Waals surface area (Å²) in [6.45, 7) is 6.87. The minimum atomic E-state index is 0.852. The van der Waals surface area contributed by atoms with E-state index in [0.29, 0.717) is 0 Å². The quantitative estimate of drug-likeness (QED) is 0.172. The van der Waals surface area contributed by atoms with Gasteiger partial charge in [0.05, 0.1) is 0 Å². The lowest BCUT2D eigenvalue weighted by Crippen LogP contribution is -1.88. The smallest absolute Gasteiger partial charge is 0.00393 e. The highest BCUT2D eigenvalue weighted by Gasteiger charge is 1.95. The lowest BCUT2D eigenvalue weighted by Gasteiger charge is -2.03. The zero-order chi connectivity index (χ0) is 15.6. The highest BCUT2D eigenvalue weighted by atomic mass is 33.1. The maximum absolute atomic E-state index is 2.32. The molecule has 0 rings (SSSR count). The van der Waals surface area contributed by atoms with Gasteiger partial charge in [-0.2, -0.15) is 0 Å². The first kappa shape index (κ1) is 21.2. The standard InChI is InChI=1S/C19H36S2/c1-4-5-6-7-8-9-10-11-12-13-14-15-17-20-21-18-16-19(2)3/h8-11,19H,4-7,12-18H2,1-3H3/b9-8+,11-10+. The molecule has 0 aromatic carbocycles. The average Bonchev–Trinajstić information content (AvgIpc) is 2.46. The summed E-state index contributed by atoms with van der Waals surface area (Å²) in [4.78, 5) is 0. The Bertz CT molecular complexity index is 244. The van der Waals surface area contributed by atoms with E-state index in [1.807, 2.05) is 0 Å². The van der Waals surface area contributed by atoms with E-state index in [4.69, 9.17) is 0 Å². The summed E-state index contributed by atoms with van der Waals surface area (Å²) >= 11 is 0. The molecule has 0 amide bonds. The number of unbranched alkanes of at least 4 members (excludes halogenated alkanes) is 6. The Hall–Kier alpha value is 0.180. The Labute approximate surface area is 142 Å². The van der Waals surface area contributed by atoms with Crippen molar-refractivity contribution in [2.75, 3.05) is 11.5 Å². The molecule has 21 heavy (non-hydrogen) atoms. The van der Waals surface area contributed by atoms with E-state index in [9.17, 15) is 0 Å². The van der Waals surface area contributed by atoms with Crippen LogP contribution >= 0.6 is 21.6 Å². The van der Waals surface area contributed by atoms with Crippen molar-refractivity contribution in [3.05, 3.63) is 24.3 Å². The van der Waals surface area contributed by atoms with E-state index in [0.717, 1.165) is 5.92 Å². The first-order chi connectivity index (χ1) is 10.3. The molecule has 0 saturated carbocycles. The van der Waals surface area contributed by atoms with Gasteiger partial charge in [-0.05, 0) is 44.4 Å². The van der Waals surface area contributed by atoms with E-state index >= 15 is 0 Å². The normalized spacial score (nSPS) is 12.2. The molecule has 0 atom stereocenters. The van der Waals surface area contributed by atoms with Crippen molar-refractivity contribution >= 4 is 21.6 Å². The monoisotopic (exact) mass is 328 g/mol. The van der Waals surface area contributed by atoms with Gasteiger partial charge >= 0.3 is 0 Å². The van der Waals surface area contributed by atoms with Crippen molar-refractivity contribution in [2.45, 2.75) is 78.6 Å². The van der Waals surface area contributed by atoms with Gasteiger partial charge in [-0.15, -0.1) is 0 Å². The fourth-order valence-corrected chi connectivity index (χ4v) is 4.34. The minimum Gasteiger partial charge on any atom is -0.0942 e. The number of hydrogen-bond donors (Lipinski definition) is 0. The molecule has 0 aliphatic carbocycles. The molecule has 2 heteroatoms. The SMILES string of the molecule is CCCCC/C=C/C=C/CCCCCSSCCC(C)C. The summed E-state index contributed by atoms with van der Waals surface area (Å²) < 4.78 is 0. The van der Waals surface area contributed by atoms with Crippen LogP contribution in [0.3, 0.4) is 0 Å². The summed E-state index contributed by atoms with van der Waals surface area (Å²) in [6, 6.07) is 0. The van der Waals surface area contributed by atoms with E-state index < -0.39 is 0 Å². The molecule has 0 radical (unpaired) electrons. The van der Waals surface area contributed by atoms with Crippen LogP contribution in [0, 0.1) is 5.92 Å². The van der Waals surface area contributed by atoms with Gasteiger partial charge < -0.3 is 0 Å². The van der Waals surface area contributed by atoms with Crippen LogP contribution in [0.25, 0.3) is 0 Å². The van der Waals surface area contributed by atoms with Gasteiger partial charge in [0.1, 0.15) is 0 Å². The molecule has 0 nitrogen and oxygen atoms in total. The molecule has 0 bridgehead atoms. The zero-order valence-corrected chi connectivity index (χ0v) is 16.1. The summed E-state index contributed by atoms with van der Waals surface area (Å²) in [6.07, 6.45) is 21.0. The minimum absolute atomic E-state index is 0.852. The highest BCUT2D eigenvalue weighted by Crippen LogP contribution is 2.24. The molecule has 0 fully saturated rings. The first-order valence-electron chi connectivity index (χ1n) is 8.83. The van der Waals surface area contributed by atoms with Gasteiger partial charge in [-0.1, -0.05) is 85.9 Å². The average molecular weight is 329 g/mol. The van der Waals surface area contributed by atoms with Crippen molar-refractivity contribution in [3.8, 4) is 0 Å². The number of allylic oxidation sites excluding steroid dienone is 4. The van der Waals surface area contributed by atoms with Gasteiger partial charge in [-0.25, -0.2) is 0 Å². The second-order valence-corrected chi connectivity index (χ2v) is 8.73. The second-order valence-electron chi connectivity index (χ2n) is 6.03. The van der Waals surface area contributed by atoms with Crippen molar-refractivity contribution in [2.24, 2.45) is 5.92 Å². The van der Waals surface area contributed by atoms with Crippen LogP contribution in [0.15, 0.2) is 24.3 Å². The van der Waals surface area contributed by atoms with Crippen LogP contribution in [0.1, 0.15) is 78.6 Å². The maximum Gasteiger partial charge on any atom is 0.00393 e. The van der Waals surface area contributed by atoms with Crippen LogP contribution in [0.5, 0.6) is 0 Å². The topological polar surface area (TPSA) is 0 Å². The fraction of sp³-hybridized carbons (Fsp3) is 0.789. The molecule has 0 N–H and O–H groups in total. The zero-order valence-electron chi connectivity index (χ0n) is 14.5. The van der Waals surface area contributed by atoms with E-state index in [2.05, 4.69) is 66.7 Å². The Morgan fingerprint density at radius 2 is 1.38 bits per heavy atom. The summed E-state index contributed by atoms with van der Waals surface area (Å²) in [5.74, 6) is 3.49. The van der Waals surface area contributed by atoms with E-state index in [-0.39, 0.29) is 0 Å². The van der Waals surface area contributed by atoms with Gasteiger partial charge in [0.25, 0.3) is 0 Å². The summed E-state index contributed by atoms with van der Waals surface area (Å²) in [7, 11) is 4.12. The van der Waals surface area contributed by atoms with Crippen LogP contribution in [-0.4, -0.2) is 11.5 Å². The van der Waals surface area contributed by atoms with Crippen LogP contribution in [0.4, 0.5) is 0 Å².